The number of halogens is 1. The Bertz CT molecular complexity index is 992. The van der Waals surface area contributed by atoms with Gasteiger partial charge in [-0.25, -0.2) is 0 Å². The Morgan fingerprint density at radius 3 is 2.71 bits per heavy atom. The highest BCUT2D eigenvalue weighted by Gasteiger charge is 2.09. The third-order valence-corrected chi connectivity index (χ3v) is 4.15. The fourth-order valence-corrected chi connectivity index (χ4v) is 2.95. The molecule has 0 aliphatic carbocycles. The molecule has 0 saturated heterocycles. The molecule has 0 bridgehead atoms. The van der Waals surface area contributed by atoms with Crippen molar-refractivity contribution in [3.63, 3.8) is 0 Å². The first-order valence-electron chi connectivity index (χ1n) is 7.61. The molecule has 5 heteroatoms. The fourth-order valence-electron chi connectivity index (χ4n) is 2.75. The molecular formula is C19H17ClN2O2. The molecule has 4 nitrogen and oxygen atoms in total. The third-order valence-electron chi connectivity index (χ3n) is 3.92. The van der Waals surface area contributed by atoms with E-state index in [9.17, 15) is 9.59 Å². The molecule has 1 amide bonds. The molecule has 0 spiro atoms. The minimum Gasteiger partial charge on any atom is -0.348 e. The maximum absolute atomic E-state index is 12.2. The quantitative estimate of drug-likeness (QED) is 0.763. The normalized spacial score (nSPS) is 10.8. The molecule has 24 heavy (non-hydrogen) atoms. The summed E-state index contributed by atoms with van der Waals surface area (Å²) in [6.45, 7) is 4.15. The number of hydrogen-bond acceptors (Lipinski definition) is 2. The van der Waals surface area contributed by atoms with Gasteiger partial charge in [-0.05, 0) is 55.3 Å². The largest absolute Gasteiger partial charge is 0.348 e. The van der Waals surface area contributed by atoms with Crippen molar-refractivity contribution in [3.05, 3.63) is 80.1 Å². The standard InChI is InChI=1S/C19H17ClN2O2/c1-11-6-12(2)16-9-14(19(24)22-17(16)7-11)10-21-18(23)13-4-3-5-15(20)8-13/h3-9H,10H2,1-2H3,(H,21,23)(H,22,24). The number of benzene rings is 2. The lowest BCUT2D eigenvalue weighted by atomic mass is 10.0. The molecule has 0 unspecified atom stereocenters. The van der Waals surface area contributed by atoms with Gasteiger partial charge in [-0.2, -0.15) is 0 Å². The van der Waals surface area contributed by atoms with Gasteiger partial charge in [-0.1, -0.05) is 23.7 Å². The molecule has 0 aliphatic rings. The number of aromatic nitrogens is 1. The SMILES string of the molecule is Cc1cc(C)c2cc(CNC(=O)c3cccc(Cl)c3)c(=O)[nH]c2c1. The molecule has 3 aromatic rings. The van der Waals surface area contributed by atoms with Gasteiger partial charge in [0.1, 0.15) is 0 Å². The van der Waals surface area contributed by atoms with Crippen LogP contribution in [0.2, 0.25) is 5.02 Å². The second-order valence-corrected chi connectivity index (χ2v) is 6.30. The van der Waals surface area contributed by atoms with Crippen molar-refractivity contribution in [2.24, 2.45) is 0 Å². The maximum Gasteiger partial charge on any atom is 0.253 e. The van der Waals surface area contributed by atoms with Crippen molar-refractivity contribution in [1.82, 2.24) is 10.3 Å². The number of rotatable bonds is 3. The monoisotopic (exact) mass is 340 g/mol. The maximum atomic E-state index is 12.2. The first-order valence-corrected chi connectivity index (χ1v) is 7.99. The van der Waals surface area contributed by atoms with E-state index in [2.05, 4.69) is 16.4 Å². The summed E-state index contributed by atoms with van der Waals surface area (Å²) in [4.78, 5) is 27.3. The second-order valence-electron chi connectivity index (χ2n) is 5.86. The summed E-state index contributed by atoms with van der Waals surface area (Å²) in [6.07, 6.45) is 0. The molecule has 0 radical (unpaired) electrons. The number of fused-ring (bicyclic) bond motifs is 1. The molecule has 0 aliphatic heterocycles. The van der Waals surface area contributed by atoms with Gasteiger partial charge in [0.25, 0.3) is 11.5 Å². The molecule has 0 atom stereocenters. The molecule has 3 rings (SSSR count). The predicted molar refractivity (Wildman–Crippen MR) is 96.7 cm³/mol. The van der Waals surface area contributed by atoms with E-state index in [1.165, 1.54) is 0 Å². The van der Waals surface area contributed by atoms with Crippen molar-refractivity contribution >= 4 is 28.4 Å². The zero-order chi connectivity index (χ0) is 17.3. The number of carbonyl (C=O) groups is 1. The van der Waals surface area contributed by atoms with E-state index in [4.69, 9.17) is 11.6 Å². The van der Waals surface area contributed by atoms with Gasteiger partial charge in [-0.15, -0.1) is 0 Å². The minimum absolute atomic E-state index is 0.157. The van der Waals surface area contributed by atoms with Gasteiger partial charge in [-0.3, -0.25) is 9.59 Å². The van der Waals surface area contributed by atoms with Gasteiger partial charge >= 0.3 is 0 Å². The highest BCUT2D eigenvalue weighted by Crippen LogP contribution is 2.18. The van der Waals surface area contributed by atoms with E-state index in [0.717, 1.165) is 22.0 Å². The van der Waals surface area contributed by atoms with Crippen molar-refractivity contribution in [2.45, 2.75) is 20.4 Å². The number of nitrogens with one attached hydrogen (secondary N) is 2. The van der Waals surface area contributed by atoms with Crippen LogP contribution in [0.15, 0.2) is 47.3 Å². The van der Waals surface area contributed by atoms with Crippen LogP contribution in [0.4, 0.5) is 0 Å². The number of amides is 1. The van der Waals surface area contributed by atoms with Gasteiger partial charge < -0.3 is 10.3 Å². The Morgan fingerprint density at radius 2 is 1.96 bits per heavy atom. The molecule has 0 saturated carbocycles. The van der Waals surface area contributed by atoms with Gasteiger partial charge in [0.2, 0.25) is 0 Å². The Kier molecular flexibility index (Phi) is 4.40. The minimum atomic E-state index is -0.266. The fraction of sp³-hybridized carbons (Fsp3) is 0.158. The van der Waals surface area contributed by atoms with E-state index in [-0.39, 0.29) is 18.0 Å². The summed E-state index contributed by atoms with van der Waals surface area (Å²) in [5, 5.41) is 4.24. The van der Waals surface area contributed by atoms with Crippen LogP contribution in [-0.2, 0) is 6.54 Å². The lowest BCUT2D eigenvalue weighted by Crippen LogP contribution is -2.26. The number of carbonyl (C=O) groups excluding carboxylic acids is 1. The van der Waals surface area contributed by atoms with Crippen molar-refractivity contribution in [1.29, 1.82) is 0 Å². The van der Waals surface area contributed by atoms with E-state index < -0.39 is 0 Å². The summed E-state index contributed by atoms with van der Waals surface area (Å²) in [5.41, 5.74) is 3.78. The lowest BCUT2D eigenvalue weighted by Gasteiger charge is -2.09. The van der Waals surface area contributed by atoms with Crippen LogP contribution in [0.3, 0.4) is 0 Å². The van der Waals surface area contributed by atoms with Gasteiger partial charge in [0, 0.05) is 33.6 Å². The Labute approximate surface area is 144 Å². The zero-order valence-corrected chi connectivity index (χ0v) is 14.2. The molecular weight excluding hydrogens is 324 g/mol. The van der Waals surface area contributed by atoms with E-state index >= 15 is 0 Å². The molecule has 2 aromatic carbocycles. The first kappa shape index (κ1) is 16.3. The van der Waals surface area contributed by atoms with Crippen LogP contribution < -0.4 is 10.9 Å². The summed E-state index contributed by atoms with van der Waals surface area (Å²) in [6, 6.07) is 12.5. The van der Waals surface area contributed by atoms with Crippen molar-refractivity contribution in [2.75, 3.05) is 0 Å². The molecule has 1 aromatic heterocycles. The highest BCUT2D eigenvalue weighted by molar-refractivity contribution is 6.30. The van der Waals surface area contributed by atoms with Crippen LogP contribution in [0, 0.1) is 13.8 Å². The second kappa shape index (κ2) is 6.49. The summed E-state index contributed by atoms with van der Waals surface area (Å²) in [7, 11) is 0. The number of aromatic amines is 1. The lowest BCUT2D eigenvalue weighted by molar-refractivity contribution is 0.0951. The van der Waals surface area contributed by atoms with Crippen molar-refractivity contribution in [3.8, 4) is 0 Å². The Morgan fingerprint density at radius 1 is 1.17 bits per heavy atom. The van der Waals surface area contributed by atoms with Crippen LogP contribution in [0.25, 0.3) is 10.9 Å². The Hall–Kier alpha value is -2.59. The van der Waals surface area contributed by atoms with Gasteiger partial charge in [0.15, 0.2) is 0 Å². The molecule has 0 fully saturated rings. The molecule has 2 N–H and O–H groups in total. The zero-order valence-electron chi connectivity index (χ0n) is 13.4. The van der Waals surface area contributed by atoms with Crippen LogP contribution in [0.1, 0.15) is 27.0 Å². The van der Waals surface area contributed by atoms with Gasteiger partial charge in [0.05, 0.1) is 0 Å². The predicted octanol–water partition coefficient (Wildman–Crippen LogP) is 3.73. The number of aryl methyl sites for hydroxylation is 2. The topological polar surface area (TPSA) is 62.0 Å². The molecule has 122 valence electrons. The van der Waals surface area contributed by atoms with Crippen LogP contribution in [-0.4, -0.2) is 10.9 Å². The molecule has 1 heterocycles. The van der Waals surface area contributed by atoms with E-state index in [1.54, 1.807) is 24.3 Å². The number of hydrogen-bond donors (Lipinski definition) is 2. The number of H-pyrrole nitrogens is 1. The number of pyridine rings is 1. The highest BCUT2D eigenvalue weighted by atomic mass is 35.5. The summed E-state index contributed by atoms with van der Waals surface area (Å²) < 4.78 is 0. The summed E-state index contributed by atoms with van der Waals surface area (Å²) >= 11 is 5.89. The average Bonchev–Trinajstić information content (AvgIpc) is 2.52. The summed E-state index contributed by atoms with van der Waals surface area (Å²) in [5.74, 6) is -0.266. The van der Waals surface area contributed by atoms with Crippen LogP contribution >= 0.6 is 11.6 Å². The Balaban J connectivity index is 1.86. The van der Waals surface area contributed by atoms with Crippen molar-refractivity contribution < 1.29 is 4.79 Å². The van der Waals surface area contributed by atoms with Crippen LogP contribution in [0.5, 0.6) is 0 Å². The average molecular weight is 341 g/mol. The van der Waals surface area contributed by atoms with E-state index in [1.807, 2.05) is 26.0 Å². The van der Waals surface area contributed by atoms with E-state index in [0.29, 0.717) is 16.1 Å². The third kappa shape index (κ3) is 3.34. The first-order chi connectivity index (χ1) is 11.4. The smallest absolute Gasteiger partial charge is 0.253 e.